The Bertz CT molecular complexity index is 543. The minimum absolute atomic E-state index is 0.113. The zero-order valence-corrected chi connectivity index (χ0v) is 11.9. The van der Waals surface area contributed by atoms with Crippen LogP contribution in [0.3, 0.4) is 0 Å². The molecule has 112 valence electrons. The Balaban J connectivity index is 2.05. The summed E-state index contributed by atoms with van der Waals surface area (Å²) in [6.45, 7) is -0.223. The zero-order chi connectivity index (χ0) is 14.9. The Morgan fingerprint density at radius 2 is 2.20 bits per heavy atom. The van der Waals surface area contributed by atoms with Crippen LogP contribution in [0.25, 0.3) is 0 Å². The molecule has 0 spiro atoms. The van der Waals surface area contributed by atoms with Crippen LogP contribution in [0.1, 0.15) is 12.8 Å². The summed E-state index contributed by atoms with van der Waals surface area (Å²) >= 11 is 3.04. The second-order valence-electron chi connectivity index (χ2n) is 4.74. The Morgan fingerprint density at radius 3 is 2.75 bits per heavy atom. The van der Waals surface area contributed by atoms with Gasteiger partial charge in [-0.3, -0.25) is 4.79 Å². The fraction of sp³-hybridized carbons (Fsp3) is 0.636. The van der Waals surface area contributed by atoms with E-state index in [0.717, 1.165) is 12.8 Å². The van der Waals surface area contributed by atoms with Crippen molar-refractivity contribution in [1.82, 2.24) is 9.78 Å². The summed E-state index contributed by atoms with van der Waals surface area (Å²) in [6.07, 6.45) is -3.80. The monoisotopic (exact) mass is 355 g/mol. The van der Waals surface area contributed by atoms with Gasteiger partial charge in [-0.1, -0.05) is 0 Å². The standard InChI is InChI=1S/C11H13BrF3N3O2/c12-9-7(16-4-8(19)11(13,14)15)3-17-18(10(9)20)5-6-1-2-6/h3,6,8,16,19H,1-2,4-5H2. The van der Waals surface area contributed by atoms with E-state index >= 15 is 0 Å². The van der Waals surface area contributed by atoms with Crippen molar-refractivity contribution in [1.29, 1.82) is 0 Å². The quantitative estimate of drug-likeness (QED) is 0.844. The molecule has 1 heterocycles. The van der Waals surface area contributed by atoms with Crippen molar-refractivity contribution < 1.29 is 18.3 Å². The van der Waals surface area contributed by atoms with Crippen molar-refractivity contribution >= 4 is 21.6 Å². The Kier molecular flexibility index (Phi) is 4.38. The van der Waals surface area contributed by atoms with Gasteiger partial charge < -0.3 is 10.4 Å². The maximum atomic E-state index is 12.2. The van der Waals surface area contributed by atoms with Crippen LogP contribution in [0.5, 0.6) is 0 Å². The lowest BCUT2D eigenvalue weighted by atomic mass is 10.3. The number of anilines is 1. The molecule has 1 unspecified atom stereocenters. The molecule has 0 aliphatic heterocycles. The lowest BCUT2D eigenvalue weighted by Gasteiger charge is -2.16. The van der Waals surface area contributed by atoms with Gasteiger partial charge >= 0.3 is 6.18 Å². The first kappa shape index (κ1) is 15.3. The molecule has 1 saturated carbocycles. The molecule has 1 fully saturated rings. The predicted molar refractivity (Wildman–Crippen MR) is 69.5 cm³/mol. The van der Waals surface area contributed by atoms with Crippen LogP contribution in [-0.2, 0) is 6.54 Å². The van der Waals surface area contributed by atoms with Crippen LogP contribution in [0.4, 0.5) is 18.9 Å². The first-order chi connectivity index (χ1) is 9.29. The molecular formula is C11H13BrF3N3O2. The fourth-order valence-corrected chi connectivity index (χ4v) is 2.03. The number of halogens is 4. The molecule has 1 aliphatic carbocycles. The summed E-state index contributed by atoms with van der Waals surface area (Å²) in [6, 6.07) is 0. The molecule has 2 N–H and O–H groups in total. The molecule has 0 amide bonds. The molecule has 0 bridgehead atoms. The van der Waals surface area contributed by atoms with Crippen LogP contribution < -0.4 is 10.9 Å². The van der Waals surface area contributed by atoms with E-state index in [9.17, 15) is 18.0 Å². The molecule has 0 radical (unpaired) electrons. The summed E-state index contributed by atoms with van der Waals surface area (Å²) in [5.74, 6) is 0.456. The molecule has 2 rings (SSSR count). The number of rotatable bonds is 5. The van der Waals surface area contributed by atoms with Crippen molar-refractivity contribution in [2.45, 2.75) is 31.7 Å². The molecule has 0 saturated heterocycles. The van der Waals surface area contributed by atoms with E-state index in [1.165, 1.54) is 10.9 Å². The second-order valence-corrected chi connectivity index (χ2v) is 5.53. The van der Waals surface area contributed by atoms with E-state index in [2.05, 4.69) is 26.3 Å². The third-order valence-electron chi connectivity index (χ3n) is 2.98. The van der Waals surface area contributed by atoms with Crippen LogP contribution in [-0.4, -0.2) is 33.7 Å². The molecule has 5 nitrogen and oxygen atoms in total. The van der Waals surface area contributed by atoms with Gasteiger partial charge in [0.05, 0.1) is 11.9 Å². The van der Waals surface area contributed by atoms with E-state index < -0.39 is 24.4 Å². The van der Waals surface area contributed by atoms with E-state index in [-0.39, 0.29) is 10.2 Å². The zero-order valence-electron chi connectivity index (χ0n) is 10.3. The summed E-state index contributed by atoms with van der Waals surface area (Å²) in [5, 5.41) is 15.2. The Morgan fingerprint density at radius 1 is 1.55 bits per heavy atom. The number of aromatic nitrogens is 2. The summed E-state index contributed by atoms with van der Waals surface area (Å²) in [7, 11) is 0. The van der Waals surface area contributed by atoms with Gasteiger partial charge in [0.1, 0.15) is 4.47 Å². The fourth-order valence-electron chi connectivity index (χ4n) is 1.59. The number of nitrogens with one attached hydrogen (secondary N) is 1. The molecule has 1 aromatic heterocycles. The van der Waals surface area contributed by atoms with Crippen LogP contribution in [0, 0.1) is 5.92 Å². The average molecular weight is 356 g/mol. The van der Waals surface area contributed by atoms with Crippen molar-refractivity contribution in [2.24, 2.45) is 5.92 Å². The molecule has 9 heteroatoms. The van der Waals surface area contributed by atoms with E-state index in [0.29, 0.717) is 12.5 Å². The van der Waals surface area contributed by atoms with Crippen LogP contribution in [0.2, 0.25) is 0 Å². The van der Waals surface area contributed by atoms with Crippen LogP contribution in [0.15, 0.2) is 15.5 Å². The van der Waals surface area contributed by atoms with Gasteiger partial charge in [0.2, 0.25) is 0 Å². The van der Waals surface area contributed by atoms with E-state index in [1.807, 2.05) is 0 Å². The highest BCUT2D eigenvalue weighted by Gasteiger charge is 2.38. The average Bonchev–Trinajstić information content (AvgIpc) is 3.16. The molecule has 0 aromatic carbocycles. The highest BCUT2D eigenvalue weighted by atomic mass is 79.9. The molecule has 20 heavy (non-hydrogen) atoms. The van der Waals surface area contributed by atoms with Gasteiger partial charge in [0.25, 0.3) is 5.56 Å². The summed E-state index contributed by atoms with van der Waals surface area (Å²) < 4.78 is 37.9. The van der Waals surface area contributed by atoms with Gasteiger partial charge in [-0.05, 0) is 34.7 Å². The smallest absolute Gasteiger partial charge is 0.382 e. The van der Waals surface area contributed by atoms with Crippen LogP contribution >= 0.6 is 15.9 Å². The molecule has 1 aromatic rings. The van der Waals surface area contributed by atoms with Gasteiger partial charge in [0, 0.05) is 13.1 Å². The number of nitrogens with zero attached hydrogens (tertiary/aromatic N) is 2. The lowest BCUT2D eigenvalue weighted by Crippen LogP contribution is -2.35. The first-order valence-corrected chi connectivity index (χ1v) is 6.82. The molecular weight excluding hydrogens is 343 g/mol. The maximum Gasteiger partial charge on any atom is 0.416 e. The van der Waals surface area contributed by atoms with Gasteiger partial charge in [-0.25, -0.2) is 4.68 Å². The SMILES string of the molecule is O=c1c(Br)c(NCC(O)C(F)(F)F)cnn1CC1CC1. The highest BCUT2D eigenvalue weighted by molar-refractivity contribution is 9.10. The van der Waals surface area contributed by atoms with Crippen molar-refractivity contribution in [3.05, 3.63) is 21.0 Å². The van der Waals surface area contributed by atoms with Crippen molar-refractivity contribution in [2.75, 3.05) is 11.9 Å². The number of hydrogen-bond donors (Lipinski definition) is 2. The van der Waals surface area contributed by atoms with Crippen molar-refractivity contribution in [3.8, 4) is 0 Å². The van der Waals surface area contributed by atoms with E-state index in [1.54, 1.807) is 0 Å². The number of aliphatic hydroxyl groups excluding tert-OH is 1. The third kappa shape index (κ3) is 3.72. The second kappa shape index (κ2) is 5.72. The van der Waals surface area contributed by atoms with Crippen molar-refractivity contribution in [3.63, 3.8) is 0 Å². The van der Waals surface area contributed by atoms with Gasteiger partial charge in [0.15, 0.2) is 6.10 Å². The van der Waals surface area contributed by atoms with E-state index in [4.69, 9.17) is 5.11 Å². The minimum atomic E-state index is -4.70. The number of hydrogen-bond acceptors (Lipinski definition) is 4. The molecule has 1 aliphatic rings. The topological polar surface area (TPSA) is 67.2 Å². The van der Waals surface area contributed by atoms with Gasteiger partial charge in [-0.2, -0.15) is 18.3 Å². The number of aliphatic hydroxyl groups is 1. The summed E-state index contributed by atoms with van der Waals surface area (Å²) in [5.41, 5.74) is -0.270. The Labute approximate surface area is 120 Å². The predicted octanol–water partition coefficient (Wildman–Crippen LogP) is 1.75. The van der Waals surface area contributed by atoms with Gasteiger partial charge in [-0.15, -0.1) is 0 Å². The summed E-state index contributed by atoms with van der Waals surface area (Å²) in [4.78, 5) is 11.9. The minimum Gasteiger partial charge on any atom is -0.382 e. The highest BCUT2D eigenvalue weighted by Crippen LogP contribution is 2.30. The lowest BCUT2D eigenvalue weighted by molar-refractivity contribution is -0.198. The first-order valence-electron chi connectivity index (χ1n) is 6.03. The molecule has 1 atom stereocenters. The third-order valence-corrected chi connectivity index (χ3v) is 3.74. The Hall–Kier alpha value is -1.09. The maximum absolute atomic E-state index is 12.2. The largest absolute Gasteiger partial charge is 0.416 e. The number of alkyl halides is 3. The normalized spacial score (nSPS) is 17.1.